The first-order valence-electron chi connectivity index (χ1n) is 10.3. The van der Waals surface area contributed by atoms with Crippen molar-refractivity contribution >= 4 is 28.8 Å². The number of Topliss-reactive ketones (excluding diaryl/α,β-unsaturated/α-hetero) is 1. The van der Waals surface area contributed by atoms with Gasteiger partial charge in [0.1, 0.15) is 23.3 Å². The van der Waals surface area contributed by atoms with Gasteiger partial charge in [0.2, 0.25) is 0 Å². The van der Waals surface area contributed by atoms with E-state index in [1.165, 1.54) is 11.2 Å². The Morgan fingerprint density at radius 2 is 1.75 bits per heavy atom. The minimum atomic E-state index is -0.887. The van der Waals surface area contributed by atoms with Gasteiger partial charge in [-0.25, -0.2) is 0 Å². The molecule has 0 saturated carbocycles. The Bertz CT molecular complexity index is 1150. The number of carbonyl (C=O) groups excluding carboxylic acids is 2. The van der Waals surface area contributed by atoms with Crippen LogP contribution < -0.4 is 14.5 Å². The molecule has 1 fully saturated rings. The highest BCUT2D eigenvalue weighted by Crippen LogP contribution is 2.42. The molecule has 32 heavy (non-hydrogen) atoms. The van der Waals surface area contributed by atoms with E-state index in [1.54, 1.807) is 48.5 Å². The van der Waals surface area contributed by atoms with Gasteiger partial charge < -0.3 is 19.2 Å². The van der Waals surface area contributed by atoms with Crippen molar-refractivity contribution in [3.8, 4) is 5.75 Å². The van der Waals surface area contributed by atoms with Crippen LogP contribution in [0.3, 0.4) is 0 Å². The second-order valence-corrected chi connectivity index (χ2v) is 7.55. The Hall–Kier alpha value is -4.00. The third-order valence-corrected chi connectivity index (χ3v) is 5.34. The van der Waals surface area contributed by atoms with E-state index in [-0.39, 0.29) is 11.3 Å². The lowest BCUT2D eigenvalue weighted by Gasteiger charge is -2.24. The van der Waals surface area contributed by atoms with Gasteiger partial charge in [-0.3, -0.25) is 14.5 Å². The van der Waals surface area contributed by atoms with Gasteiger partial charge >= 0.3 is 0 Å². The normalized spacial score (nSPS) is 17.6. The van der Waals surface area contributed by atoms with Crippen LogP contribution in [0.25, 0.3) is 5.76 Å². The number of hydrogen-bond donors (Lipinski definition) is 1. The van der Waals surface area contributed by atoms with Crippen LogP contribution in [-0.2, 0) is 9.59 Å². The lowest BCUT2D eigenvalue weighted by Crippen LogP contribution is -2.29. The summed E-state index contributed by atoms with van der Waals surface area (Å²) in [6.45, 7) is 2.39. The molecule has 1 unspecified atom stereocenters. The second-order valence-electron chi connectivity index (χ2n) is 7.55. The van der Waals surface area contributed by atoms with E-state index in [0.29, 0.717) is 29.4 Å². The summed E-state index contributed by atoms with van der Waals surface area (Å²) < 4.78 is 11.0. The van der Waals surface area contributed by atoms with Gasteiger partial charge in [-0.1, -0.05) is 0 Å². The number of rotatable bonds is 6. The molecule has 1 aliphatic heterocycles. The van der Waals surface area contributed by atoms with Gasteiger partial charge in [-0.15, -0.1) is 0 Å². The van der Waals surface area contributed by atoms with E-state index in [1.807, 2.05) is 38.1 Å². The van der Waals surface area contributed by atoms with Crippen molar-refractivity contribution in [1.29, 1.82) is 0 Å². The molecule has 164 valence electrons. The quantitative estimate of drug-likeness (QED) is 0.354. The number of nitrogens with zero attached hydrogens (tertiary/aromatic N) is 2. The number of ketones is 1. The van der Waals surface area contributed by atoms with Crippen LogP contribution in [0.1, 0.15) is 24.3 Å². The van der Waals surface area contributed by atoms with Crippen molar-refractivity contribution in [2.24, 2.45) is 0 Å². The Balaban J connectivity index is 1.82. The van der Waals surface area contributed by atoms with Crippen LogP contribution in [-0.4, -0.2) is 37.5 Å². The first-order chi connectivity index (χ1) is 15.4. The molecule has 1 N–H and O–H groups in total. The minimum Gasteiger partial charge on any atom is -0.507 e. The first kappa shape index (κ1) is 21.2. The van der Waals surface area contributed by atoms with E-state index in [9.17, 15) is 14.7 Å². The molecule has 0 radical (unpaired) electrons. The van der Waals surface area contributed by atoms with Gasteiger partial charge in [-0.05, 0) is 67.6 Å². The van der Waals surface area contributed by atoms with Crippen LogP contribution in [0.15, 0.2) is 76.9 Å². The molecular formula is C25H24N2O5. The zero-order chi connectivity index (χ0) is 22.8. The second kappa shape index (κ2) is 8.63. The molecule has 1 aromatic heterocycles. The molecule has 2 aromatic carbocycles. The van der Waals surface area contributed by atoms with Crippen molar-refractivity contribution in [2.45, 2.75) is 13.0 Å². The predicted octanol–water partition coefficient (Wildman–Crippen LogP) is 4.37. The van der Waals surface area contributed by atoms with E-state index in [0.717, 1.165) is 5.69 Å². The summed E-state index contributed by atoms with van der Waals surface area (Å²) in [5, 5.41) is 11.1. The molecule has 7 nitrogen and oxygen atoms in total. The summed E-state index contributed by atoms with van der Waals surface area (Å²) >= 11 is 0. The molecule has 1 aliphatic rings. The number of aliphatic hydroxyl groups excluding tert-OH is 1. The Kier molecular flexibility index (Phi) is 5.73. The molecule has 1 atom stereocenters. The summed E-state index contributed by atoms with van der Waals surface area (Å²) in [5.74, 6) is -0.729. The lowest BCUT2D eigenvalue weighted by molar-refractivity contribution is -0.132. The number of amides is 1. The van der Waals surface area contributed by atoms with Crippen LogP contribution in [0.2, 0.25) is 0 Å². The fourth-order valence-corrected chi connectivity index (χ4v) is 3.76. The lowest BCUT2D eigenvalue weighted by atomic mass is 9.99. The zero-order valence-electron chi connectivity index (χ0n) is 18.1. The highest BCUT2D eigenvalue weighted by Gasteiger charge is 2.48. The molecule has 0 aliphatic carbocycles. The number of carbonyl (C=O) groups is 2. The predicted molar refractivity (Wildman–Crippen MR) is 122 cm³/mol. The molecule has 2 heterocycles. The number of anilines is 2. The third kappa shape index (κ3) is 3.73. The van der Waals surface area contributed by atoms with Crippen molar-refractivity contribution in [2.75, 3.05) is 30.5 Å². The summed E-state index contributed by atoms with van der Waals surface area (Å²) in [6, 6.07) is 16.5. The average Bonchev–Trinajstić information content (AvgIpc) is 3.41. The van der Waals surface area contributed by atoms with Crippen molar-refractivity contribution in [3.63, 3.8) is 0 Å². The summed E-state index contributed by atoms with van der Waals surface area (Å²) in [6.07, 6.45) is 1.47. The summed E-state index contributed by atoms with van der Waals surface area (Å²) in [7, 11) is 3.84. The van der Waals surface area contributed by atoms with Crippen LogP contribution in [0, 0.1) is 0 Å². The van der Waals surface area contributed by atoms with Crippen molar-refractivity contribution in [3.05, 3.63) is 83.8 Å². The highest BCUT2D eigenvalue weighted by molar-refractivity contribution is 6.51. The number of furan rings is 1. The molecule has 1 amide bonds. The van der Waals surface area contributed by atoms with Gasteiger partial charge in [0, 0.05) is 31.0 Å². The van der Waals surface area contributed by atoms with E-state index in [4.69, 9.17) is 9.15 Å². The molecule has 0 spiro atoms. The van der Waals surface area contributed by atoms with Gasteiger partial charge in [0.25, 0.3) is 11.7 Å². The average molecular weight is 432 g/mol. The van der Waals surface area contributed by atoms with Crippen molar-refractivity contribution in [1.82, 2.24) is 0 Å². The Morgan fingerprint density at radius 3 is 2.31 bits per heavy atom. The van der Waals surface area contributed by atoms with Crippen LogP contribution in [0.5, 0.6) is 5.75 Å². The maximum Gasteiger partial charge on any atom is 0.300 e. The zero-order valence-corrected chi connectivity index (χ0v) is 18.1. The topological polar surface area (TPSA) is 83.2 Å². The van der Waals surface area contributed by atoms with Gasteiger partial charge in [0.15, 0.2) is 0 Å². The summed E-state index contributed by atoms with van der Waals surface area (Å²) in [4.78, 5) is 29.4. The van der Waals surface area contributed by atoms with E-state index < -0.39 is 17.7 Å². The number of aliphatic hydroxyl groups is 1. The third-order valence-electron chi connectivity index (χ3n) is 5.34. The fraction of sp³-hybridized carbons (Fsp3) is 0.200. The maximum absolute atomic E-state index is 13.1. The molecule has 3 aromatic rings. The Labute approximate surface area is 186 Å². The van der Waals surface area contributed by atoms with Gasteiger partial charge in [0.05, 0.1) is 18.4 Å². The number of benzene rings is 2. The van der Waals surface area contributed by atoms with Crippen LogP contribution >= 0.6 is 0 Å². The smallest absolute Gasteiger partial charge is 0.300 e. The van der Waals surface area contributed by atoms with Crippen LogP contribution in [0.4, 0.5) is 11.4 Å². The standard InChI is InChI=1S/C25H24N2O5/c1-4-31-19-13-7-16(8-14-19)23(28)21-22(20-6-5-15-32-20)27(25(30)24(21)29)18-11-9-17(10-12-18)26(2)3/h5-15,22,28H,4H2,1-3H3/b23-21-. The molecule has 4 rings (SSSR count). The first-order valence-corrected chi connectivity index (χ1v) is 10.3. The van der Waals surface area contributed by atoms with Gasteiger partial charge in [-0.2, -0.15) is 0 Å². The molecule has 7 heteroatoms. The number of hydrogen-bond acceptors (Lipinski definition) is 6. The monoisotopic (exact) mass is 432 g/mol. The SMILES string of the molecule is CCOc1ccc(/C(O)=C2/C(=O)C(=O)N(c3ccc(N(C)C)cc3)C2c2ccco2)cc1. The van der Waals surface area contributed by atoms with E-state index >= 15 is 0 Å². The highest BCUT2D eigenvalue weighted by atomic mass is 16.5. The maximum atomic E-state index is 13.1. The Morgan fingerprint density at radius 1 is 1.06 bits per heavy atom. The molecule has 1 saturated heterocycles. The molecule has 0 bridgehead atoms. The number of ether oxygens (including phenoxy) is 1. The van der Waals surface area contributed by atoms with E-state index in [2.05, 4.69) is 0 Å². The minimum absolute atomic E-state index is 0.0224. The largest absolute Gasteiger partial charge is 0.507 e. The fourth-order valence-electron chi connectivity index (χ4n) is 3.76. The van der Waals surface area contributed by atoms with Crippen molar-refractivity contribution < 1.29 is 23.8 Å². The molecular weight excluding hydrogens is 408 g/mol. The summed E-state index contributed by atoms with van der Waals surface area (Å²) in [5.41, 5.74) is 1.87.